The van der Waals surface area contributed by atoms with E-state index in [1.807, 2.05) is 0 Å². The SMILES string of the molecule is N#Cc1cccc(C2(O)C(CC3CC3)N(c3ccc(Cl)cc3)C(=O)N2c2ccc(Cl)cc2)c1. The Morgan fingerprint density at radius 1 is 0.970 bits per heavy atom. The van der Waals surface area contributed by atoms with E-state index < -0.39 is 11.8 Å². The number of nitriles is 1. The molecule has 2 atom stereocenters. The van der Waals surface area contributed by atoms with Gasteiger partial charge in [-0.3, -0.25) is 9.80 Å². The highest BCUT2D eigenvalue weighted by Crippen LogP contribution is 2.49. The van der Waals surface area contributed by atoms with Crippen molar-refractivity contribution in [2.24, 2.45) is 5.92 Å². The summed E-state index contributed by atoms with van der Waals surface area (Å²) in [6.07, 6.45) is 2.76. The molecule has 1 saturated carbocycles. The lowest BCUT2D eigenvalue weighted by molar-refractivity contribution is 0.0275. The molecule has 0 spiro atoms. The third kappa shape index (κ3) is 3.85. The smallest absolute Gasteiger partial charge is 0.332 e. The van der Waals surface area contributed by atoms with Crippen LogP contribution in [0.2, 0.25) is 10.0 Å². The topological polar surface area (TPSA) is 67.6 Å². The van der Waals surface area contributed by atoms with E-state index in [-0.39, 0.29) is 6.03 Å². The third-order valence-corrected chi connectivity index (χ3v) is 6.88. The monoisotopic (exact) mass is 477 g/mol. The molecule has 0 aromatic heterocycles. The van der Waals surface area contributed by atoms with Gasteiger partial charge < -0.3 is 5.11 Å². The van der Waals surface area contributed by atoms with Gasteiger partial charge in [0.15, 0.2) is 5.72 Å². The number of carbonyl (C=O) groups is 1. The van der Waals surface area contributed by atoms with Gasteiger partial charge in [0.2, 0.25) is 0 Å². The van der Waals surface area contributed by atoms with Crippen LogP contribution in [0.1, 0.15) is 30.4 Å². The van der Waals surface area contributed by atoms with Crippen LogP contribution in [0, 0.1) is 17.2 Å². The molecule has 2 unspecified atom stereocenters. The Bertz CT molecular complexity index is 1240. The van der Waals surface area contributed by atoms with Crippen molar-refractivity contribution >= 4 is 40.6 Å². The lowest BCUT2D eigenvalue weighted by Crippen LogP contribution is -2.50. The minimum atomic E-state index is -1.69. The van der Waals surface area contributed by atoms with Crippen molar-refractivity contribution in [3.8, 4) is 6.07 Å². The Morgan fingerprint density at radius 2 is 1.58 bits per heavy atom. The van der Waals surface area contributed by atoms with Crippen LogP contribution in [0.5, 0.6) is 0 Å². The minimum absolute atomic E-state index is 0.352. The Hall–Kier alpha value is -3.04. The second-order valence-electron chi connectivity index (χ2n) is 8.55. The normalized spacial score (nSPS) is 22.5. The number of benzene rings is 3. The van der Waals surface area contributed by atoms with Crippen molar-refractivity contribution in [1.82, 2.24) is 0 Å². The second-order valence-corrected chi connectivity index (χ2v) is 9.43. The number of hydrogen-bond donors (Lipinski definition) is 1. The predicted octanol–water partition coefficient (Wildman–Crippen LogP) is 6.33. The van der Waals surface area contributed by atoms with Crippen LogP contribution in [0.3, 0.4) is 0 Å². The van der Waals surface area contributed by atoms with Gasteiger partial charge in [0.05, 0.1) is 17.7 Å². The van der Waals surface area contributed by atoms with Gasteiger partial charge in [-0.1, -0.05) is 48.2 Å². The van der Waals surface area contributed by atoms with Gasteiger partial charge >= 0.3 is 6.03 Å². The number of urea groups is 1. The van der Waals surface area contributed by atoms with E-state index >= 15 is 0 Å². The van der Waals surface area contributed by atoms with Crippen molar-refractivity contribution in [2.75, 3.05) is 9.80 Å². The van der Waals surface area contributed by atoms with Crippen LogP contribution in [0.4, 0.5) is 16.2 Å². The number of amides is 2. The van der Waals surface area contributed by atoms with Gasteiger partial charge in [-0.05, 0) is 73.0 Å². The molecule has 3 aromatic rings. The summed E-state index contributed by atoms with van der Waals surface area (Å²) >= 11 is 12.2. The zero-order valence-corrected chi connectivity index (χ0v) is 19.2. The fraction of sp³-hybridized carbons (Fsp3) is 0.231. The minimum Gasteiger partial charge on any atom is -0.365 e. The van der Waals surface area contributed by atoms with Crippen molar-refractivity contribution < 1.29 is 9.90 Å². The van der Waals surface area contributed by atoms with E-state index in [4.69, 9.17) is 23.2 Å². The molecule has 2 fully saturated rings. The molecule has 1 N–H and O–H groups in total. The van der Waals surface area contributed by atoms with E-state index in [0.29, 0.717) is 44.9 Å². The standard InChI is InChI=1S/C26H21Cl2N3O2/c27-20-6-10-22(11-7-20)30-24(15-17-4-5-17)26(33,19-3-1-2-18(14-19)16-29)31(25(30)32)23-12-8-21(28)9-13-23/h1-3,6-14,17,24,33H,4-5,15H2. The molecule has 0 radical (unpaired) electrons. The van der Waals surface area contributed by atoms with Gasteiger partial charge in [-0.15, -0.1) is 0 Å². The molecule has 7 heteroatoms. The zero-order chi connectivity index (χ0) is 23.2. The summed E-state index contributed by atoms with van der Waals surface area (Å²) in [4.78, 5) is 17.1. The number of aliphatic hydroxyl groups is 1. The molecule has 33 heavy (non-hydrogen) atoms. The summed E-state index contributed by atoms with van der Waals surface area (Å²) < 4.78 is 0. The van der Waals surface area contributed by atoms with Crippen molar-refractivity contribution in [2.45, 2.75) is 31.0 Å². The lowest BCUT2D eigenvalue weighted by Gasteiger charge is -2.37. The first-order chi connectivity index (χ1) is 15.9. The Morgan fingerprint density at radius 3 is 2.15 bits per heavy atom. The fourth-order valence-corrected chi connectivity index (χ4v) is 4.84. The van der Waals surface area contributed by atoms with Crippen LogP contribution >= 0.6 is 23.2 Å². The number of anilines is 2. The predicted molar refractivity (Wildman–Crippen MR) is 129 cm³/mol. The molecular formula is C26H21Cl2N3O2. The van der Waals surface area contributed by atoms with E-state index in [9.17, 15) is 15.2 Å². The molecule has 1 saturated heterocycles. The zero-order valence-electron chi connectivity index (χ0n) is 17.7. The highest BCUT2D eigenvalue weighted by Gasteiger charge is 2.59. The van der Waals surface area contributed by atoms with Crippen LogP contribution in [-0.4, -0.2) is 17.2 Å². The summed E-state index contributed by atoms with van der Waals surface area (Å²) in [6.45, 7) is 0. The first-order valence-electron chi connectivity index (χ1n) is 10.8. The molecule has 1 aliphatic carbocycles. The summed E-state index contributed by atoms with van der Waals surface area (Å²) in [5, 5.41) is 23.0. The van der Waals surface area contributed by atoms with E-state index in [2.05, 4.69) is 6.07 Å². The summed E-state index contributed by atoms with van der Waals surface area (Å²) in [5.74, 6) is 0.424. The molecule has 2 amide bonds. The third-order valence-electron chi connectivity index (χ3n) is 6.37. The largest absolute Gasteiger partial charge is 0.365 e. The van der Waals surface area contributed by atoms with Gasteiger partial charge in [0.1, 0.15) is 0 Å². The number of nitrogens with zero attached hydrogens (tertiary/aromatic N) is 3. The summed E-state index contributed by atoms with van der Waals surface area (Å²) in [5.41, 5.74) is 0.388. The van der Waals surface area contributed by atoms with Crippen LogP contribution in [0.15, 0.2) is 72.8 Å². The van der Waals surface area contributed by atoms with Crippen LogP contribution < -0.4 is 9.80 Å². The molecule has 5 nitrogen and oxygen atoms in total. The molecule has 5 rings (SSSR count). The number of rotatable bonds is 5. The highest BCUT2D eigenvalue weighted by molar-refractivity contribution is 6.31. The summed E-state index contributed by atoms with van der Waals surface area (Å²) in [6, 6.07) is 21.9. The second kappa shape index (κ2) is 8.39. The Kier molecular flexibility index (Phi) is 5.54. The first-order valence-corrected chi connectivity index (χ1v) is 11.5. The average molecular weight is 478 g/mol. The van der Waals surface area contributed by atoms with E-state index in [1.54, 1.807) is 77.7 Å². The maximum Gasteiger partial charge on any atom is 0.332 e. The van der Waals surface area contributed by atoms with Crippen molar-refractivity contribution in [3.63, 3.8) is 0 Å². The van der Waals surface area contributed by atoms with Gasteiger partial charge in [-0.2, -0.15) is 5.26 Å². The van der Waals surface area contributed by atoms with Gasteiger partial charge in [0.25, 0.3) is 0 Å². The molecule has 1 heterocycles. The molecule has 166 valence electrons. The molecule has 3 aromatic carbocycles. The van der Waals surface area contributed by atoms with E-state index in [0.717, 1.165) is 12.8 Å². The van der Waals surface area contributed by atoms with E-state index in [1.165, 1.54) is 4.90 Å². The summed E-state index contributed by atoms with van der Waals surface area (Å²) in [7, 11) is 0. The average Bonchev–Trinajstić information content (AvgIpc) is 3.62. The molecule has 2 aliphatic rings. The molecule has 0 bridgehead atoms. The maximum atomic E-state index is 14.0. The highest BCUT2D eigenvalue weighted by atomic mass is 35.5. The van der Waals surface area contributed by atoms with Crippen LogP contribution in [0.25, 0.3) is 0 Å². The Balaban J connectivity index is 1.72. The quantitative estimate of drug-likeness (QED) is 0.466. The number of carbonyl (C=O) groups excluding carboxylic acids is 1. The van der Waals surface area contributed by atoms with Crippen LogP contribution in [-0.2, 0) is 5.72 Å². The number of hydrogen-bond acceptors (Lipinski definition) is 3. The maximum absolute atomic E-state index is 14.0. The van der Waals surface area contributed by atoms with Gasteiger partial charge in [-0.25, -0.2) is 4.79 Å². The van der Waals surface area contributed by atoms with Crippen molar-refractivity contribution in [3.05, 3.63) is 94.0 Å². The van der Waals surface area contributed by atoms with Crippen molar-refractivity contribution in [1.29, 1.82) is 5.26 Å². The van der Waals surface area contributed by atoms with Gasteiger partial charge in [0, 0.05) is 27.0 Å². The Labute approximate surface area is 202 Å². The molecule has 1 aliphatic heterocycles. The first kappa shape index (κ1) is 21.8. The number of halogens is 2. The molecular weight excluding hydrogens is 457 g/mol. The fourth-order valence-electron chi connectivity index (χ4n) is 4.58. The lowest BCUT2D eigenvalue weighted by atomic mass is 9.89.